The molecule has 1 aliphatic rings. The molecule has 0 saturated heterocycles. The predicted molar refractivity (Wildman–Crippen MR) is 98.7 cm³/mol. The summed E-state index contributed by atoms with van der Waals surface area (Å²) in [5.41, 5.74) is 5.96. The molecular formula is C20H18ClN3O. The SMILES string of the molecule is Cn1nc(C(=O)NCc2ccccc2Cl)c2c1-c1ccccc1CC2. The van der Waals surface area contributed by atoms with E-state index in [9.17, 15) is 4.79 Å². The fraction of sp³-hybridized carbons (Fsp3) is 0.200. The van der Waals surface area contributed by atoms with E-state index in [1.165, 1.54) is 11.1 Å². The molecule has 0 atom stereocenters. The highest BCUT2D eigenvalue weighted by atomic mass is 35.5. The molecule has 1 N–H and O–H groups in total. The number of aryl methyl sites for hydroxylation is 2. The van der Waals surface area contributed by atoms with Crippen molar-refractivity contribution in [2.24, 2.45) is 7.05 Å². The molecule has 0 saturated carbocycles. The average Bonchev–Trinajstić information content (AvgIpc) is 2.98. The Morgan fingerprint density at radius 1 is 1.16 bits per heavy atom. The van der Waals surface area contributed by atoms with E-state index in [0.717, 1.165) is 29.7 Å². The van der Waals surface area contributed by atoms with Crippen molar-refractivity contribution in [2.75, 3.05) is 0 Å². The van der Waals surface area contributed by atoms with Crippen LogP contribution in [0.2, 0.25) is 5.02 Å². The molecule has 25 heavy (non-hydrogen) atoms. The molecule has 1 heterocycles. The Kier molecular flexibility index (Phi) is 4.06. The third kappa shape index (κ3) is 2.83. The van der Waals surface area contributed by atoms with Gasteiger partial charge in [0.15, 0.2) is 5.69 Å². The number of carbonyl (C=O) groups is 1. The number of hydrogen-bond acceptors (Lipinski definition) is 2. The molecule has 0 bridgehead atoms. The molecular weight excluding hydrogens is 334 g/mol. The number of carbonyl (C=O) groups excluding carboxylic acids is 1. The van der Waals surface area contributed by atoms with Crippen LogP contribution in [0.5, 0.6) is 0 Å². The molecule has 4 rings (SSSR count). The number of amides is 1. The number of nitrogens with one attached hydrogen (secondary N) is 1. The maximum atomic E-state index is 12.7. The topological polar surface area (TPSA) is 46.9 Å². The Hall–Kier alpha value is -2.59. The van der Waals surface area contributed by atoms with E-state index in [4.69, 9.17) is 11.6 Å². The highest BCUT2D eigenvalue weighted by molar-refractivity contribution is 6.31. The quantitative estimate of drug-likeness (QED) is 0.780. The first-order valence-corrected chi connectivity index (χ1v) is 8.68. The first kappa shape index (κ1) is 15.9. The minimum absolute atomic E-state index is 0.156. The second kappa shape index (κ2) is 6.37. The van der Waals surface area contributed by atoms with Crippen LogP contribution in [-0.2, 0) is 26.4 Å². The zero-order chi connectivity index (χ0) is 17.4. The predicted octanol–water partition coefficient (Wildman–Crippen LogP) is 3.77. The molecule has 3 aromatic rings. The van der Waals surface area contributed by atoms with Gasteiger partial charge in [-0.3, -0.25) is 9.48 Å². The summed E-state index contributed by atoms with van der Waals surface area (Å²) in [7, 11) is 1.89. The Morgan fingerprint density at radius 3 is 2.76 bits per heavy atom. The Labute approximate surface area is 151 Å². The molecule has 0 radical (unpaired) electrons. The first-order chi connectivity index (χ1) is 12.1. The van der Waals surface area contributed by atoms with Gasteiger partial charge in [-0.1, -0.05) is 54.1 Å². The van der Waals surface area contributed by atoms with E-state index in [1.807, 2.05) is 42.1 Å². The molecule has 0 unspecified atom stereocenters. The van der Waals surface area contributed by atoms with Crippen LogP contribution in [0.1, 0.15) is 27.2 Å². The number of halogens is 1. The van der Waals surface area contributed by atoms with Gasteiger partial charge in [0.1, 0.15) is 0 Å². The molecule has 4 nitrogen and oxygen atoms in total. The van der Waals surface area contributed by atoms with Crippen LogP contribution in [0.25, 0.3) is 11.3 Å². The zero-order valence-electron chi connectivity index (χ0n) is 13.9. The van der Waals surface area contributed by atoms with Gasteiger partial charge in [0.25, 0.3) is 5.91 Å². The van der Waals surface area contributed by atoms with Gasteiger partial charge in [0, 0.05) is 29.7 Å². The second-order valence-electron chi connectivity index (χ2n) is 6.23. The lowest BCUT2D eigenvalue weighted by atomic mass is 9.89. The van der Waals surface area contributed by atoms with E-state index in [0.29, 0.717) is 17.3 Å². The van der Waals surface area contributed by atoms with Gasteiger partial charge in [-0.25, -0.2) is 0 Å². The second-order valence-corrected chi connectivity index (χ2v) is 6.64. The molecule has 5 heteroatoms. The summed E-state index contributed by atoms with van der Waals surface area (Å²) in [5.74, 6) is -0.156. The number of rotatable bonds is 3. The molecule has 0 aliphatic heterocycles. The van der Waals surface area contributed by atoms with Crippen molar-refractivity contribution in [3.63, 3.8) is 0 Å². The summed E-state index contributed by atoms with van der Waals surface area (Å²) in [5, 5.41) is 8.09. The standard InChI is InChI=1S/C20H18ClN3O/c1-24-19-15-8-4-2-6-13(15)10-11-16(19)18(23-24)20(25)22-12-14-7-3-5-9-17(14)21/h2-9H,10-12H2,1H3,(H,22,25). The summed E-state index contributed by atoms with van der Waals surface area (Å²) in [6, 6.07) is 15.8. The minimum Gasteiger partial charge on any atom is -0.346 e. The van der Waals surface area contributed by atoms with Crippen molar-refractivity contribution in [1.82, 2.24) is 15.1 Å². The van der Waals surface area contributed by atoms with Crippen LogP contribution >= 0.6 is 11.6 Å². The van der Waals surface area contributed by atoms with E-state index < -0.39 is 0 Å². The average molecular weight is 352 g/mol. The Bertz CT molecular complexity index is 961. The molecule has 0 fully saturated rings. The van der Waals surface area contributed by atoms with Gasteiger partial charge in [0.2, 0.25) is 0 Å². The minimum atomic E-state index is -0.156. The van der Waals surface area contributed by atoms with Crippen LogP contribution in [-0.4, -0.2) is 15.7 Å². The molecule has 2 aromatic carbocycles. The number of nitrogens with zero attached hydrogens (tertiary/aromatic N) is 2. The smallest absolute Gasteiger partial charge is 0.272 e. The van der Waals surface area contributed by atoms with Crippen molar-refractivity contribution in [3.8, 4) is 11.3 Å². The lowest BCUT2D eigenvalue weighted by Crippen LogP contribution is -2.25. The molecule has 0 spiro atoms. The molecule has 1 aliphatic carbocycles. The molecule has 1 amide bonds. The van der Waals surface area contributed by atoms with Gasteiger partial charge in [-0.15, -0.1) is 0 Å². The van der Waals surface area contributed by atoms with Gasteiger partial charge >= 0.3 is 0 Å². The fourth-order valence-corrected chi connectivity index (χ4v) is 3.66. The van der Waals surface area contributed by atoms with E-state index in [2.05, 4.69) is 28.6 Å². The lowest BCUT2D eigenvalue weighted by molar-refractivity contribution is 0.0944. The summed E-state index contributed by atoms with van der Waals surface area (Å²) in [6.07, 6.45) is 1.76. The van der Waals surface area contributed by atoms with Crippen LogP contribution < -0.4 is 5.32 Å². The van der Waals surface area contributed by atoms with Crippen molar-refractivity contribution in [2.45, 2.75) is 19.4 Å². The Morgan fingerprint density at radius 2 is 1.92 bits per heavy atom. The summed E-state index contributed by atoms with van der Waals surface area (Å²) >= 11 is 6.16. The normalized spacial score (nSPS) is 12.4. The van der Waals surface area contributed by atoms with Crippen LogP contribution in [0.15, 0.2) is 48.5 Å². The molecule has 126 valence electrons. The monoisotopic (exact) mass is 351 g/mol. The van der Waals surface area contributed by atoms with Crippen LogP contribution in [0.4, 0.5) is 0 Å². The van der Waals surface area contributed by atoms with E-state index in [1.54, 1.807) is 0 Å². The summed E-state index contributed by atoms with van der Waals surface area (Å²) < 4.78 is 1.82. The number of hydrogen-bond donors (Lipinski definition) is 1. The van der Waals surface area contributed by atoms with Crippen LogP contribution in [0.3, 0.4) is 0 Å². The zero-order valence-corrected chi connectivity index (χ0v) is 14.7. The highest BCUT2D eigenvalue weighted by Gasteiger charge is 2.26. The number of benzene rings is 2. The summed E-state index contributed by atoms with van der Waals surface area (Å²) in [6.45, 7) is 0.389. The van der Waals surface area contributed by atoms with Gasteiger partial charge < -0.3 is 5.32 Å². The van der Waals surface area contributed by atoms with E-state index >= 15 is 0 Å². The van der Waals surface area contributed by atoms with Crippen LogP contribution in [0, 0.1) is 0 Å². The highest BCUT2D eigenvalue weighted by Crippen LogP contribution is 2.34. The molecule has 1 aromatic heterocycles. The Balaban J connectivity index is 1.62. The van der Waals surface area contributed by atoms with Crippen molar-refractivity contribution < 1.29 is 4.79 Å². The summed E-state index contributed by atoms with van der Waals surface area (Å²) in [4.78, 5) is 12.7. The number of fused-ring (bicyclic) bond motifs is 3. The fourth-order valence-electron chi connectivity index (χ4n) is 3.45. The van der Waals surface area contributed by atoms with Gasteiger partial charge in [-0.05, 0) is 30.0 Å². The van der Waals surface area contributed by atoms with Crippen molar-refractivity contribution >= 4 is 17.5 Å². The third-order valence-corrected chi connectivity index (χ3v) is 5.04. The van der Waals surface area contributed by atoms with Gasteiger partial charge in [-0.2, -0.15) is 5.10 Å². The third-order valence-electron chi connectivity index (χ3n) is 4.67. The maximum Gasteiger partial charge on any atom is 0.272 e. The van der Waals surface area contributed by atoms with Crippen molar-refractivity contribution in [1.29, 1.82) is 0 Å². The first-order valence-electron chi connectivity index (χ1n) is 8.31. The number of aromatic nitrogens is 2. The van der Waals surface area contributed by atoms with Crippen molar-refractivity contribution in [3.05, 3.63) is 75.9 Å². The van der Waals surface area contributed by atoms with E-state index in [-0.39, 0.29) is 5.91 Å². The lowest BCUT2D eigenvalue weighted by Gasteiger charge is -2.17. The van der Waals surface area contributed by atoms with Gasteiger partial charge in [0.05, 0.1) is 5.69 Å². The maximum absolute atomic E-state index is 12.7. The largest absolute Gasteiger partial charge is 0.346 e.